The highest BCUT2D eigenvalue weighted by atomic mass is 79.9. The molecule has 0 radical (unpaired) electrons. The Labute approximate surface area is 154 Å². The van der Waals surface area contributed by atoms with E-state index in [2.05, 4.69) is 15.9 Å². The molecule has 0 heterocycles. The van der Waals surface area contributed by atoms with Gasteiger partial charge < -0.3 is 15.2 Å². The highest BCUT2D eigenvalue weighted by Crippen LogP contribution is 2.37. The number of nitrogens with two attached hydrogens (primary N) is 1. The van der Waals surface area contributed by atoms with Crippen molar-refractivity contribution < 1.29 is 14.3 Å². The lowest BCUT2D eigenvalue weighted by molar-refractivity contribution is -0.114. The maximum atomic E-state index is 11.2. The molecule has 0 aliphatic carbocycles. The molecular weight excluding hydrogens is 384 g/mol. The number of methoxy groups -OCH3 is 1. The van der Waals surface area contributed by atoms with Gasteiger partial charge in [-0.3, -0.25) is 4.79 Å². The molecule has 0 aromatic heterocycles. The molecule has 0 aliphatic rings. The zero-order chi connectivity index (χ0) is 18.4. The third-order valence-corrected chi connectivity index (χ3v) is 4.17. The maximum Gasteiger partial charge on any atom is 0.259 e. The van der Waals surface area contributed by atoms with Gasteiger partial charge in [0.2, 0.25) is 0 Å². The quantitative estimate of drug-likeness (QED) is 0.590. The predicted octanol–water partition coefficient (Wildman–Crippen LogP) is 3.74. The fourth-order valence-corrected chi connectivity index (χ4v) is 2.78. The molecule has 128 valence electrons. The summed E-state index contributed by atoms with van der Waals surface area (Å²) in [4.78, 5) is 11.2. The third kappa shape index (κ3) is 4.61. The molecule has 2 N–H and O–H groups in total. The van der Waals surface area contributed by atoms with E-state index >= 15 is 0 Å². The van der Waals surface area contributed by atoms with E-state index in [0.29, 0.717) is 28.1 Å². The number of nitrogens with zero attached hydrogens (tertiary/aromatic N) is 1. The first-order valence-corrected chi connectivity index (χ1v) is 8.22. The van der Waals surface area contributed by atoms with Gasteiger partial charge in [-0.05, 0) is 57.8 Å². The van der Waals surface area contributed by atoms with E-state index in [1.165, 1.54) is 13.2 Å². The number of hydrogen-bond donors (Lipinski definition) is 1. The zero-order valence-electron chi connectivity index (χ0n) is 13.9. The van der Waals surface area contributed by atoms with Crippen molar-refractivity contribution in [2.45, 2.75) is 13.5 Å². The first kappa shape index (κ1) is 18.6. The molecule has 0 saturated heterocycles. The number of rotatable bonds is 6. The Bertz CT molecular complexity index is 869. The number of amides is 1. The van der Waals surface area contributed by atoms with Crippen LogP contribution in [0, 0.1) is 18.3 Å². The van der Waals surface area contributed by atoms with Crippen molar-refractivity contribution in [2.75, 3.05) is 7.11 Å². The molecule has 2 aromatic rings. The van der Waals surface area contributed by atoms with Gasteiger partial charge in [0.25, 0.3) is 5.91 Å². The summed E-state index contributed by atoms with van der Waals surface area (Å²) in [6, 6.07) is 13.1. The normalized spacial score (nSPS) is 10.9. The van der Waals surface area contributed by atoms with Crippen LogP contribution < -0.4 is 15.2 Å². The van der Waals surface area contributed by atoms with Crippen LogP contribution in [0.4, 0.5) is 0 Å². The SMILES string of the molecule is COc1cc(C=C(C#N)C(N)=O)cc(Br)c1OCc1ccccc1C. The summed E-state index contributed by atoms with van der Waals surface area (Å²) in [5.74, 6) is 0.244. The van der Waals surface area contributed by atoms with Crippen LogP contribution in [0.2, 0.25) is 0 Å². The molecular formula is C19H17BrN2O3. The molecule has 0 unspecified atom stereocenters. The number of benzene rings is 2. The van der Waals surface area contributed by atoms with Gasteiger partial charge in [0.15, 0.2) is 11.5 Å². The third-order valence-electron chi connectivity index (χ3n) is 3.58. The van der Waals surface area contributed by atoms with Crippen molar-refractivity contribution in [1.29, 1.82) is 5.26 Å². The van der Waals surface area contributed by atoms with E-state index in [1.807, 2.05) is 31.2 Å². The summed E-state index contributed by atoms with van der Waals surface area (Å²) in [6.45, 7) is 2.41. The number of halogens is 1. The predicted molar refractivity (Wildman–Crippen MR) is 99.0 cm³/mol. The lowest BCUT2D eigenvalue weighted by atomic mass is 10.1. The van der Waals surface area contributed by atoms with E-state index in [4.69, 9.17) is 20.5 Å². The van der Waals surface area contributed by atoms with Crippen molar-refractivity contribution in [3.63, 3.8) is 0 Å². The fourth-order valence-electron chi connectivity index (χ4n) is 2.21. The second-order valence-electron chi connectivity index (χ2n) is 5.28. The maximum absolute atomic E-state index is 11.2. The highest BCUT2D eigenvalue weighted by molar-refractivity contribution is 9.10. The standard InChI is InChI=1S/C19H17BrN2O3/c1-12-5-3-4-6-14(12)11-25-18-16(20)8-13(9-17(18)24-2)7-15(10-21)19(22)23/h3-9H,11H2,1-2H3,(H2,22,23). The molecule has 2 aromatic carbocycles. The molecule has 6 heteroatoms. The molecule has 0 spiro atoms. The molecule has 25 heavy (non-hydrogen) atoms. The number of carbonyl (C=O) groups excluding carboxylic acids is 1. The van der Waals surface area contributed by atoms with Crippen LogP contribution in [0.5, 0.6) is 11.5 Å². The molecule has 0 bridgehead atoms. The number of nitriles is 1. The van der Waals surface area contributed by atoms with Gasteiger partial charge in [-0.15, -0.1) is 0 Å². The van der Waals surface area contributed by atoms with E-state index in [0.717, 1.165) is 11.1 Å². The van der Waals surface area contributed by atoms with Crippen LogP contribution in [0.3, 0.4) is 0 Å². The molecule has 0 fully saturated rings. The minimum atomic E-state index is -0.780. The topological polar surface area (TPSA) is 85.3 Å². The van der Waals surface area contributed by atoms with Gasteiger partial charge in [-0.1, -0.05) is 24.3 Å². The number of aryl methyl sites for hydroxylation is 1. The Hall–Kier alpha value is -2.78. The highest BCUT2D eigenvalue weighted by Gasteiger charge is 2.13. The van der Waals surface area contributed by atoms with Crippen LogP contribution in [0.1, 0.15) is 16.7 Å². The van der Waals surface area contributed by atoms with Gasteiger partial charge in [0.05, 0.1) is 11.6 Å². The zero-order valence-corrected chi connectivity index (χ0v) is 15.5. The average Bonchev–Trinajstić information content (AvgIpc) is 2.59. The summed E-state index contributed by atoms with van der Waals surface area (Å²) >= 11 is 3.45. The Kier molecular flexibility index (Phi) is 6.20. The second-order valence-corrected chi connectivity index (χ2v) is 6.14. The Balaban J connectivity index is 2.33. The first-order valence-electron chi connectivity index (χ1n) is 7.42. The Morgan fingerprint density at radius 1 is 1.36 bits per heavy atom. The van der Waals surface area contributed by atoms with Gasteiger partial charge in [-0.25, -0.2) is 0 Å². The van der Waals surface area contributed by atoms with Crippen LogP contribution in [0.25, 0.3) is 6.08 Å². The fraction of sp³-hybridized carbons (Fsp3) is 0.158. The average molecular weight is 401 g/mol. The minimum Gasteiger partial charge on any atom is -0.493 e. The van der Waals surface area contributed by atoms with Crippen molar-refractivity contribution >= 4 is 27.9 Å². The Morgan fingerprint density at radius 3 is 2.68 bits per heavy atom. The van der Waals surface area contributed by atoms with E-state index in [-0.39, 0.29) is 5.57 Å². The summed E-state index contributed by atoms with van der Waals surface area (Å²) in [5, 5.41) is 8.96. The number of hydrogen-bond acceptors (Lipinski definition) is 4. The molecule has 0 saturated carbocycles. The van der Waals surface area contributed by atoms with E-state index < -0.39 is 5.91 Å². The second kappa shape index (κ2) is 8.36. The van der Waals surface area contributed by atoms with E-state index in [1.54, 1.807) is 18.2 Å². The molecule has 1 amide bonds. The summed E-state index contributed by atoms with van der Waals surface area (Å²) < 4.78 is 11.9. The lowest BCUT2D eigenvalue weighted by Crippen LogP contribution is -2.12. The van der Waals surface area contributed by atoms with E-state index in [9.17, 15) is 4.79 Å². The molecule has 2 rings (SSSR count). The lowest BCUT2D eigenvalue weighted by Gasteiger charge is -2.14. The van der Waals surface area contributed by atoms with Gasteiger partial charge in [0.1, 0.15) is 18.2 Å². The Morgan fingerprint density at radius 2 is 2.08 bits per heavy atom. The molecule has 0 aliphatic heterocycles. The summed E-state index contributed by atoms with van der Waals surface area (Å²) in [5.41, 5.74) is 7.83. The first-order chi connectivity index (χ1) is 12.0. The summed E-state index contributed by atoms with van der Waals surface area (Å²) in [6.07, 6.45) is 1.40. The van der Waals surface area contributed by atoms with Gasteiger partial charge >= 0.3 is 0 Å². The number of carbonyl (C=O) groups is 1. The van der Waals surface area contributed by atoms with Crippen molar-refractivity contribution in [3.8, 4) is 17.6 Å². The molecule has 5 nitrogen and oxygen atoms in total. The number of ether oxygens (including phenoxy) is 2. The van der Waals surface area contributed by atoms with Gasteiger partial charge in [-0.2, -0.15) is 5.26 Å². The van der Waals surface area contributed by atoms with Gasteiger partial charge in [0, 0.05) is 0 Å². The number of primary amides is 1. The largest absolute Gasteiger partial charge is 0.493 e. The van der Waals surface area contributed by atoms with Crippen LogP contribution in [0.15, 0.2) is 46.4 Å². The van der Waals surface area contributed by atoms with Crippen LogP contribution in [-0.4, -0.2) is 13.0 Å². The van der Waals surface area contributed by atoms with Crippen molar-refractivity contribution in [3.05, 3.63) is 63.1 Å². The summed E-state index contributed by atoms with van der Waals surface area (Å²) in [7, 11) is 1.52. The molecule has 0 atom stereocenters. The monoisotopic (exact) mass is 400 g/mol. The van der Waals surface area contributed by atoms with Crippen LogP contribution in [-0.2, 0) is 11.4 Å². The smallest absolute Gasteiger partial charge is 0.259 e. The van der Waals surface area contributed by atoms with Crippen LogP contribution >= 0.6 is 15.9 Å². The van der Waals surface area contributed by atoms with Crippen molar-refractivity contribution in [1.82, 2.24) is 0 Å². The van der Waals surface area contributed by atoms with Crippen molar-refractivity contribution in [2.24, 2.45) is 5.73 Å². The minimum absolute atomic E-state index is 0.137.